The molecule has 156 valence electrons. The van der Waals surface area contributed by atoms with E-state index in [9.17, 15) is 13.6 Å². The van der Waals surface area contributed by atoms with E-state index < -0.39 is 6.04 Å². The van der Waals surface area contributed by atoms with Gasteiger partial charge in [-0.05, 0) is 47.7 Å². The Morgan fingerprint density at radius 2 is 1.34 bits per heavy atom. The zero-order valence-corrected chi connectivity index (χ0v) is 17.0. The van der Waals surface area contributed by atoms with Crippen LogP contribution in [0.2, 0.25) is 0 Å². The Morgan fingerprint density at radius 3 is 1.76 bits per heavy atom. The molecule has 0 aliphatic carbocycles. The number of piperazine rings is 1. The zero-order valence-electron chi connectivity index (χ0n) is 17.0. The summed E-state index contributed by atoms with van der Waals surface area (Å²) in [5.41, 5.74) is 7.96. The van der Waals surface area contributed by atoms with Gasteiger partial charge in [0.1, 0.15) is 11.6 Å². The molecule has 1 saturated heterocycles. The molecule has 0 saturated carbocycles. The summed E-state index contributed by atoms with van der Waals surface area (Å²) in [6, 6.07) is 12.2. The summed E-state index contributed by atoms with van der Waals surface area (Å²) in [5, 5.41) is 0. The Kier molecular flexibility index (Phi) is 6.98. The normalized spacial score (nSPS) is 16.4. The van der Waals surface area contributed by atoms with Gasteiger partial charge in [0.05, 0.1) is 12.1 Å². The largest absolute Gasteiger partial charge is 0.339 e. The predicted molar refractivity (Wildman–Crippen MR) is 110 cm³/mol. The first-order chi connectivity index (χ1) is 13.8. The summed E-state index contributed by atoms with van der Waals surface area (Å²) in [6.07, 6.45) is 0.673. The third-order valence-corrected chi connectivity index (χ3v) is 5.41. The first-order valence-electron chi connectivity index (χ1n) is 10.1. The average Bonchev–Trinajstić information content (AvgIpc) is 2.70. The van der Waals surface area contributed by atoms with Gasteiger partial charge in [-0.3, -0.25) is 9.69 Å². The lowest BCUT2D eigenvalue weighted by molar-refractivity contribution is -0.135. The molecule has 2 aromatic carbocycles. The molecular weight excluding hydrogens is 372 g/mol. The van der Waals surface area contributed by atoms with Crippen LogP contribution in [0.25, 0.3) is 0 Å². The first kappa shape index (κ1) is 21.4. The van der Waals surface area contributed by atoms with E-state index in [1.165, 1.54) is 24.3 Å². The smallest absolute Gasteiger partial charge is 0.239 e. The zero-order chi connectivity index (χ0) is 21.0. The summed E-state index contributed by atoms with van der Waals surface area (Å²) in [4.78, 5) is 16.7. The van der Waals surface area contributed by atoms with Crippen LogP contribution in [0.15, 0.2) is 48.5 Å². The van der Waals surface area contributed by atoms with Crippen LogP contribution in [0, 0.1) is 17.6 Å². The lowest BCUT2D eigenvalue weighted by atomic mass is 9.96. The van der Waals surface area contributed by atoms with Gasteiger partial charge in [0.25, 0.3) is 0 Å². The van der Waals surface area contributed by atoms with Gasteiger partial charge in [-0.25, -0.2) is 8.78 Å². The number of halogens is 2. The van der Waals surface area contributed by atoms with E-state index in [1.807, 2.05) is 4.90 Å². The van der Waals surface area contributed by atoms with Crippen LogP contribution in [0.4, 0.5) is 8.78 Å². The van der Waals surface area contributed by atoms with Crippen LogP contribution in [-0.4, -0.2) is 47.9 Å². The maximum Gasteiger partial charge on any atom is 0.239 e. The fourth-order valence-electron chi connectivity index (χ4n) is 3.95. The van der Waals surface area contributed by atoms with Crippen LogP contribution in [0.3, 0.4) is 0 Å². The number of rotatable bonds is 6. The number of hydrogen-bond acceptors (Lipinski definition) is 3. The maximum absolute atomic E-state index is 13.4. The Labute approximate surface area is 171 Å². The average molecular weight is 402 g/mol. The minimum atomic E-state index is -0.466. The lowest BCUT2D eigenvalue weighted by Crippen LogP contribution is -2.54. The van der Waals surface area contributed by atoms with Crippen molar-refractivity contribution < 1.29 is 13.6 Å². The number of hydrogen-bond donors (Lipinski definition) is 1. The van der Waals surface area contributed by atoms with Gasteiger partial charge in [-0.15, -0.1) is 0 Å². The topological polar surface area (TPSA) is 49.6 Å². The van der Waals surface area contributed by atoms with Gasteiger partial charge >= 0.3 is 0 Å². The third-order valence-electron chi connectivity index (χ3n) is 5.41. The van der Waals surface area contributed by atoms with E-state index in [4.69, 9.17) is 5.73 Å². The highest BCUT2D eigenvalue weighted by Crippen LogP contribution is 2.30. The number of amides is 1. The second-order valence-corrected chi connectivity index (χ2v) is 8.10. The summed E-state index contributed by atoms with van der Waals surface area (Å²) in [6.45, 7) is 6.62. The van der Waals surface area contributed by atoms with E-state index in [0.717, 1.165) is 11.1 Å². The van der Waals surface area contributed by atoms with Crippen molar-refractivity contribution in [3.63, 3.8) is 0 Å². The van der Waals surface area contributed by atoms with Gasteiger partial charge in [0, 0.05) is 26.2 Å². The fraction of sp³-hybridized carbons (Fsp3) is 0.435. The molecule has 1 heterocycles. The monoisotopic (exact) mass is 401 g/mol. The summed E-state index contributed by atoms with van der Waals surface area (Å²) < 4.78 is 26.9. The van der Waals surface area contributed by atoms with E-state index in [0.29, 0.717) is 38.5 Å². The highest BCUT2D eigenvalue weighted by atomic mass is 19.1. The SMILES string of the molecule is CC(C)C[C@H](N)C(=O)N1CCN(C(c2ccc(F)cc2)c2ccc(F)cc2)CC1. The number of carbonyl (C=O) groups excluding carboxylic acids is 1. The van der Waals surface area contributed by atoms with Crippen molar-refractivity contribution in [1.82, 2.24) is 9.80 Å². The van der Waals surface area contributed by atoms with E-state index in [2.05, 4.69) is 18.7 Å². The number of nitrogens with two attached hydrogens (primary N) is 1. The van der Waals surface area contributed by atoms with Gasteiger partial charge in [0.2, 0.25) is 5.91 Å². The maximum atomic E-state index is 13.4. The molecular formula is C23H29F2N3O. The molecule has 1 fully saturated rings. The molecule has 0 radical (unpaired) electrons. The van der Waals surface area contributed by atoms with Crippen molar-refractivity contribution in [2.45, 2.75) is 32.4 Å². The molecule has 0 spiro atoms. The quantitative estimate of drug-likeness (QED) is 0.805. The summed E-state index contributed by atoms with van der Waals surface area (Å²) in [7, 11) is 0. The molecule has 0 bridgehead atoms. The van der Waals surface area contributed by atoms with E-state index >= 15 is 0 Å². The Bertz CT molecular complexity index is 754. The summed E-state index contributed by atoms with van der Waals surface area (Å²) >= 11 is 0. The minimum Gasteiger partial charge on any atom is -0.339 e. The highest BCUT2D eigenvalue weighted by Gasteiger charge is 2.30. The Morgan fingerprint density at radius 1 is 0.897 bits per heavy atom. The molecule has 0 aromatic heterocycles. The van der Waals surface area contributed by atoms with Gasteiger partial charge in [-0.2, -0.15) is 0 Å². The van der Waals surface area contributed by atoms with Gasteiger partial charge in [-0.1, -0.05) is 38.1 Å². The molecule has 29 heavy (non-hydrogen) atoms. The van der Waals surface area contributed by atoms with E-state index in [1.54, 1.807) is 24.3 Å². The summed E-state index contributed by atoms with van der Waals surface area (Å²) in [5.74, 6) is -0.211. The number of benzene rings is 2. The molecule has 0 unspecified atom stereocenters. The molecule has 1 aliphatic heterocycles. The first-order valence-corrected chi connectivity index (χ1v) is 10.1. The molecule has 1 amide bonds. The third kappa shape index (κ3) is 5.40. The second kappa shape index (κ2) is 9.46. The second-order valence-electron chi connectivity index (χ2n) is 8.10. The Hall–Kier alpha value is -2.31. The van der Waals surface area contributed by atoms with Crippen molar-refractivity contribution in [1.29, 1.82) is 0 Å². The van der Waals surface area contributed by atoms with Gasteiger partial charge < -0.3 is 10.6 Å². The van der Waals surface area contributed by atoms with Crippen molar-refractivity contribution >= 4 is 5.91 Å². The van der Waals surface area contributed by atoms with Crippen LogP contribution < -0.4 is 5.73 Å². The molecule has 3 rings (SSSR count). The molecule has 1 aliphatic rings. The van der Waals surface area contributed by atoms with Crippen molar-refractivity contribution in [2.24, 2.45) is 11.7 Å². The van der Waals surface area contributed by atoms with Crippen molar-refractivity contribution in [3.05, 3.63) is 71.3 Å². The fourth-order valence-corrected chi connectivity index (χ4v) is 3.95. The van der Waals surface area contributed by atoms with Crippen LogP contribution in [-0.2, 0) is 4.79 Å². The standard InChI is InChI=1S/C23H29F2N3O/c1-16(2)15-21(26)23(29)28-13-11-27(12-14-28)22(17-3-7-19(24)8-4-17)18-5-9-20(25)10-6-18/h3-10,16,21-22H,11-15,26H2,1-2H3/t21-/m0/s1. The molecule has 6 heteroatoms. The predicted octanol–water partition coefficient (Wildman–Crippen LogP) is 3.57. The lowest BCUT2D eigenvalue weighted by Gasteiger charge is -2.40. The van der Waals surface area contributed by atoms with Gasteiger partial charge in [0.15, 0.2) is 0 Å². The van der Waals surface area contributed by atoms with Crippen LogP contribution >= 0.6 is 0 Å². The number of carbonyl (C=O) groups is 1. The highest BCUT2D eigenvalue weighted by molar-refractivity contribution is 5.81. The minimum absolute atomic E-state index is 0.00142. The molecule has 2 aromatic rings. The Balaban J connectivity index is 1.75. The molecule has 2 N–H and O–H groups in total. The molecule has 4 nitrogen and oxygen atoms in total. The van der Waals surface area contributed by atoms with E-state index in [-0.39, 0.29) is 23.6 Å². The van der Waals surface area contributed by atoms with Crippen LogP contribution in [0.5, 0.6) is 0 Å². The van der Waals surface area contributed by atoms with Crippen molar-refractivity contribution in [2.75, 3.05) is 26.2 Å². The van der Waals surface area contributed by atoms with Crippen molar-refractivity contribution in [3.8, 4) is 0 Å². The molecule has 1 atom stereocenters. The van der Waals surface area contributed by atoms with Crippen LogP contribution in [0.1, 0.15) is 37.4 Å². The number of nitrogens with zero attached hydrogens (tertiary/aromatic N) is 2.